The fraction of sp³-hybridized carbons (Fsp3) is 0.318. The first-order valence-corrected chi connectivity index (χ1v) is 10.6. The number of carbonyl (C=O) groups excluding carboxylic acids is 1. The number of nitrogens with two attached hydrogens (primary N) is 2. The van der Waals surface area contributed by atoms with E-state index in [1.807, 2.05) is 13.0 Å². The largest absolute Gasteiger partial charge is 0.382 e. The number of piperidine rings is 1. The molecular weight excluding hydrogens is 427 g/mol. The predicted octanol–water partition coefficient (Wildman–Crippen LogP) is 2.20. The molecule has 0 saturated carbocycles. The van der Waals surface area contributed by atoms with Crippen LogP contribution in [0.4, 0.5) is 21.7 Å². The van der Waals surface area contributed by atoms with Crippen LogP contribution < -0.4 is 21.7 Å². The lowest BCUT2D eigenvalue weighted by atomic mass is 10.0. The molecule has 1 fully saturated rings. The first-order chi connectivity index (χ1) is 15.9. The summed E-state index contributed by atoms with van der Waals surface area (Å²) in [5.74, 6) is -0.938. The molecule has 11 heteroatoms. The van der Waals surface area contributed by atoms with Crippen LogP contribution in [0.3, 0.4) is 0 Å². The summed E-state index contributed by atoms with van der Waals surface area (Å²) in [5, 5.41) is 2.75. The predicted molar refractivity (Wildman–Crippen MR) is 122 cm³/mol. The zero-order valence-corrected chi connectivity index (χ0v) is 18.2. The minimum Gasteiger partial charge on any atom is -0.382 e. The number of pyridine rings is 2. The third-order valence-electron chi connectivity index (χ3n) is 5.42. The van der Waals surface area contributed by atoms with Gasteiger partial charge in [-0.05, 0) is 31.2 Å². The fourth-order valence-electron chi connectivity index (χ4n) is 3.73. The molecule has 3 aromatic rings. The molecule has 3 aromatic heterocycles. The highest BCUT2D eigenvalue weighted by molar-refractivity contribution is 6.06. The molecule has 4 rings (SSSR count). The topological polar surface area (TPSA) is 145 Å². The monoisotopic (exact) mass is 452 g/mol. The third-order valence-corrected chi connectivity index (χ3v) is 5.42. The number of hydrogen-bond donors (Lipinski definition) is 3. The zero-order chi connectivity index (χ0) is 23.4. The molecule has 1 aliphatic heterocycles. The summed E-state index contributed by atoms with van der Waals surface area (Å²) < 4.78 is 19.8. The van der Waals surface area contributed by atoms with Crippen molar-refractivity contribution in [2.24, 2.45) is 5.73 Å². The van der Waals surface area contributed by atoms with Crippen LogP contribution in [0.25, 0.3) is 11.4 Å². The summed E-state index contributed by atoms with van der Waals surface area (Å²) in [6.07, 6.45) is 5.55. The maximum absolute atomic E-state index is 14.1. The second-order valence-corrected chi connectivity index (χ2v) is 7.63. The molecule has 0 aliphatic carbocycles. The Morgan fingerprint density at radius 3 is 2.67 bits per heavy atom. The molecule has 1 amide bonds. The zero-order valence-electron chi connectivity index (χ0n) is 18.2. The highest BCUT2D eigenvalue weighted by atomic mass is 19.1. The van der Waals surface area contributed by atoms with Crippen molar-refractivity contribution in [3.63, 3.8) is 0 Å². The average Bonchev–Trinajstić information content (AvgIpc) is 2.81. The van der Waals surface area contributed by atoms with E-state index in [1.165, 1.54) is 24.5 Å². The lowest BCUT2D eigenvalue weighted by Crippen LogP contribution is -2.52. The average molecular weight is 452 g/mol. The van der Waals surface area contributed by atoms with Gasteiger partial charge < -0.3 is 26.4 Å². The van der Waals surface area contributed by atoms with Crippen LogP contribution >= 0.6 is 0 Å². The highest BCUT2D eigenvalue weighted by Crippen LogP contribution is 2.30. The van der Waals surface area contributed by atoms with Gasteiger partial charge in [-0.3, -0.25) is 9.78 Å². The van der Waals surface area contributed by atoms with Crippen molar-refractivity contribution in [2.75, 3.05) is 35.6 Å². The number of anilines is 3. The van der Waals surface area contributed by atoms with Gasteiger partial charge in [-0.1, -0.05) is 0 Å². The number of ether oxygens (including phenoxy) is 1. The minimum absolute atomic E-state index is 0.0227. The highest BCUT2D eigenvalue weighted by Gasteiger charge is 2.32. The Morgan fingerprint density at radius 2 is 1.94 bits per heavy atom. The summed E-state index contributed by atoms with van der Waals surface area (Å²) >= 11 is 0. The molecule has 10 nitrogen and oxygen atoms in total. The van der Waals surface area contributed by atoms with Crippen molar-refractivity contribution in [1.29, 1.82) is 0 Å². The van der Waals surface area contributed by atoms with E-state index < -0.39 is 17.4 Å². The Hall–Kier alpha value is -3.70. The number of aromatic nitrogens is 4. The number of nitrogens with one attached hydrogen (secondary N) is 1. The van der Waals surface area contributed by atoms with Gasteiger partial charge in [0.1, 0.15) is 17.1 Å². The Kier molecular flexibility index (Phi) is 6.43. The lowest BCUT2D eigenvalue weighted by molar-refractivity contribution is -0.0512. The van der Waals surface area contributed by atoms with Crippen LogP contribution in [0, 0.1) is 5.82 Å². The maximum Gasteiger partial charge on any atom is 0.279 e. The van der Waals surface area contributed by atoms with E-state index in [4.69, 9.17) is 16.2 Å². The van der Waals surface area contributed by atoms with E-state index in [2.05, 4.69) is 30.2 Å². The van der Waals surface area contributed by atoms with Gasteiger partial charge in [0.2, 0.25) is 0 Å². The SMILES string of the molecule is CCOC1(N)CCN(c2cccnc2NC(=O)c2nc(-c3ncccc3F)cnc2N)CC1. The first-order valence-electron chi connectivity index (χ1n) is 10.6. The molecule has 1 aliphatic rings. The normalized spacial score (nSPS) is 15.3. The number of nitrogens with zero attached hydrogens (tertiary/aromatic N) is 5. The molecule has 33 heavy (non-hydrogen) atoms. The van der Waals surface area contributed by atoms with Crippen LogP contribution in [-0.2, 0) is 4.74 Å². The van der Waals surface area contributed by atoms with Crippen molar-refractivity contribution >= 4 is 23.2 Å². The van der Waals surface area contributed by atoms with E-state index in [-0.39, 0.29) is 22.9 Å². The molecule has 0 bridgehead atoms. The van der Waals surface area contributed by atoms with E-state index in [0.717, 1.165) is 5.69 Å². The number of hydrogen-bond acceptors (Lipinski definition) is 9. The minimum atomic E-state index is -0.651. The fourth-order valence-corrected chi connectivity index (χ4v) is 3.73. The number of rotatable bonds is 6. The molecule has 0 unspecified atom stereocenters. The number of nitrogen functional groups attached to an aromatic ring is 1. The molecule has 1 saturated heterocycles. The first kappa shape index (κ1) is 22.5. The second kappa shape index (κ2) is 9.43. The maximum atomic E-state index is 14.1. The molecule has 5 N–H and O–H groups in total. The smallest absolute Gasteiger partial charge is 0.279 e. The van der Waals surface area contributed by atoms with Crippen molar-refractivity contribution in [3.05, 3.63) is 54.4 Å². The number of amides is 1. The van der Waals surface area contributed by atoms with Crippen LogP contribution in [0.1, 0.15) is 30.3 Å². The van der Waals surface area contributed by atoms with Crippen molar-refractivity contribution in [3.8, 4) is 11.4 Å². The van der Waals surface area contributed by atoms with E-state index in [1.54, 1.807) is 12.3 Å². The van der Waals surface area contributed by atoms with Gasteiger partial charge in [0.15, 0.2) is 23.1 Å². The molecule has 0 aromatic carbocycles. The quantitative estimate of drug-likeness (QED) is 0.479. The Bertz CT molecular complexity index is 1150. The standard InChI is InChI=1S/C22H25FN8O2/c1-2-33-22(25)7-11-31(12-8-22)16-6-4-10-27-20(16)30-21(32)18-19(24)28-13-15(29-18)17-14(23)5-3-9-26-17/h3-6,9-10,13H,2,7-8,11-12,25H2,1H3,(H2,24,28)(H,27,30,32). The molecule has 172 valence electrons. The molecule has 4 heterocycles. The Labute approximate surface area is 190 Å². The van der Waals surface area contributed by atoms with Gasteiger partial charge in [-0.15, -0.1) is 0 Å². The number of halogens is 1. The van der Waals surface area contributed by atoms with Crippen LogP contribution in [0.5, 0.6) is 0 Å². The summed E-state index contributed by atoms with van der Waals surface area (Å²) in [5.41, 5.74) is 12.2. The van der Waals surface area contributed by atoms with Gasteiger partial charge in [-0.25, -0.2) is 19.3 Å². The van der Waals surface area contributed by atoms with E-state index in [9.17, 15) is 9.18 Å². The summed E-state index contributed by atoms with van der Waals surface area (Å²) in [7, 11) is 0. The molecular formula is C22H25FN8O2. The van der Waals surface area contributed by atoms with Gasteiger partial charge in [-0.2, -0.15) is 0 Å². The summed E-state index contributed by atoms with van der Waals surface area (Å²) in [4.78, 5) is 31.6. The van der Waals surface area contributed by atoms with Gasteiger partial charge in [0.25, 0.3) is 5.91 Å². The van der Waals surface area contributed by atoms with Crippen LogP contribution in [0.15, 0.2) is 42.9 Å². The number of carbonyl (C=O) groups is 1. The third kappa shape index (κ3) is 4.89. The Balaban J connectivity index is 1.56. The molecule has 0 atom stereocenters. The van der Waals surface area contributed by atoms with E-state index >= 15 is 0 Å². The van der Waals surface area contributed by atoms with Gasteiger partial charge in [0.05, 0.1) is 11.9 Å². The second-order valence-electron chi connectivity index (χ2n) is 7.63. The van der Waals surface area contributed by atoms with Gasteiger partial charge >= 0.3 is 0 Å². The Morgan fingerprint density at radius 1 is 1.21 bits per heavy atom. The summed E-state index contributed by atoms with van der Waals surface area (Å²) in [6.45, 7) is 3.75. The van der Waals surface area contributed by atoms with Gasteiger partial charge in [0, 0.05) is 44.9 Å². The molecule has 0 radical (unpaired) electrons. The van der Waals surface area contributed by atoms with Crippen LogP contribution in [0.2, 0.25) is 0 Å². The van der Waals surface area contributed by atoms with Crippen molar-refractivity contribution in [2.45, 2.75) is 25.5 Å². The van der Waals surface area contributed by atoms with Crippen molar-refractivity contribution in [1.82, 2.24) is 19.9 Å². The van der Waals surface area contributed by atoms with Crippen LogP contribution in [-0.4, -0.2) is 51.3 Å². The van der Waals surface area contributed by atoms with Crippen molar-refractivity contribution < 1.29 is 13.9 Å². The van der Waals surface area contributed by atoms with E-state index in [0.29, 0.717) is 38.4 Å². The molecule has 0 spiro atoms. The summed E-state index contributed by atoms with van der Waals surface area (Å²) in [6, 6.07) is 6.36. The lowest BCUT2D eigenvalue weighted by Gasteiger charge is -2.40.